The van der Waals surface area contributed by atoms with E-state index in [1.807, 2.05) is 12.1 Å². The Bertz CT molecular complexity index is 895. The third-order valence-electron chi connectivity index (χ3n) is 5.30. The van der Waals surface area contributed by atoms with Crippen molar-refractivity contribution in [3.63, 3.8) is 0 Å². The van der Waals surface area contributed by atoms with Crippen LogP contribution in [0.2, 0.25) is 0 Å². The number of halogens is 3. The summed E-state index contributed by atoms with van der Waals surface area (Å²) in [5.74, 6) is 0. The summed E-state index contributed by atoms with van der Waals surface area (Å²) in [6.45, 7) is 0. The van der Waals surface area contributed by atoms with E-state index in [9.17, 15) is 23.1 Å². The molecule has 2 amide bonds. The first-order valence-corrected chi connectivity index (χ1v) is 8.88. The first-order chi connectivity index (χ1) is 12.8. The number of amides is 2. The molecule has 7 heteroatoms. The number of benzene rings is 2. The van der Waals surface area contributed by atoms with Crippen molar-refractivity contribution in [1.29, 1.82) is 0 Å². The molecule has 0 saturated heterocycles. The minimum atomic E-state index is -4.39. The van der Waals surface area contributed by atoms with E-state index in [0.717, 1.165) is 17.2 Å². The zero-order valence-corrected chi connectivity index (χ0v) is 14.4. The molecule has 4 nitrogen and oxygen atoms in total. The number of anilines is 1. The lowest BCUT2D eigenvalue weighted by Crippen LogP contribution is -2.32. The Balaban J connectivity index is 1.50. The van der Waals surface area contributed by atoms with Gasteiger partial charge in [0.1, 0.15) is 0 Å². The highest BCUT2D eigenvalue weighted by Crippen LogP contribution is 2.40. The van der Waals surface area contributed by atoms with Crippen molar-refractivity contribution in [1.82, 2.24) is 5.32 Å². The second kappa shape index (κ2) is 6.56. The molecular formula is C20H19F3N2O2. The quantitative estimate of drug-likeness (QED) is 0.743. The molecule has 4 rings (SSSR count). The fourth-order valence-electron chi connectivity index (χ4n) is 4.13. The van der Waals surface area contributed by atoms with Gasteiger partial charge in [-0.3, -0.25) is 0 Å². The smallest absolute Gasteiger partial charge is 0.392 e. The maximum atomic E-state index is 13.2. The molecule has 0 unspecified atom stereocenters. The Morgan fingerprint density at radius 1 is 1.07 bits per heavy atom. The van der Waals surface area contributed by atoms with Crippen LogP contribution >= 0.6 is 0 Å². The summed E-state index contributed by atoms with van der Waals surface area (Å²) in [6, 6.07) is 8.68. The highest BCUT2D eigenvalue weighted by molar-refractivity contribution is 5.90. The maximum Gasteiger partial charge on any atom is 0.416 e. The number of carbonyl (C=O) groups is 1. The van der Waals surface area contributed by atoms with Gasteiger partial charge >= 0.3 is 12.2 Å². The minimum absolute atomic E-state index is 0.263. The molecule has 2 aliphatic carbocycles. The van der Waals surface area contributed by atoms with Gasteiger partial charge in [-0.2, -0.15) is 13.2 Å². The van der Waals surface area contributed by atoms with Gasteiger partial charge in [0.15, 0.2) is 0 Å². The number of hydrogen-bond donors (Lipinski definition) is 3. The van der Waals surface area contributed by atoms with Crippen molar-refractivity contribution in [3.05, 3.63) is 64.2 Å². The number of carbonyl (C=O) groups excluding carboxylic acids is 1. The average molecular weight is 376 g/mol. The lowest BCUT2D eigenvalue weighted by atomic mass is 10.0. The third kappa shape index (κ3) is 3.39. The van der Waals surface area contributed by atoms with Gasteiger partial charge in [0.2, 0.25) is 0 Å². The summed E-state index contributed by atoms with van der Waals surface area (Å²) in [4.78, 5) is 12.4. The van der Waals surface area contributed by atoms with Crippen LogP contribution in [0.5, 0.6) is 0 Å². The summed E-state index contributed by atoms with van der Waals surface area (Å²) in [6.07, 6.45) is -3.10. The maximum absolute atomic E-state index is 13.2. The molecular weight excluding hydrogens is 357 g/mol. The number of hydrogen-bond acceptors (Lipinski definition) is 2. The largest absolute Gasteiger partial charge is 0.416 e. The van der Waals surface area contributed by atoms with Crippen LogP contribution in [-0.4, -0.2) is 17.2 Å². The third-order valence-corrected chi connectivity index (χ3v) is 5.30. The molecule has 0 spiro atoms. The van der Waals surface area contributed by atoms with Gasteiger partial charge in [-0.1, -0.05) is 24.3 Å². The number of urea groups is 1. The zero-order chi connectivity index (χ0) is 19.2. The minimum Gasteiger partial charge on any atom is -0.392 e. The first-order valence-electron chi connectivity index (χ1n) is 8.88. The van der Waals surface area contributed by atoms with Crippen LogP contribution in [-0.2, 0) is 25.4 Å². The van der Waals surface area contributed by atoms with Crippen LogP contribution in [0, 0.1) is 0 Å². The SMILES string of the molecule is O=C(Nc1cccc2c1C[C@H](O)C2)N[C@@H]1CCc2c1cccc2C(F)(F)F. The highest BCUT2D eigenvalue weighted by Gasteiger charge is 2.37. The van der Waals surface area contributed by atoms with Crippen LogP contribution < -0.4 is 10.6 Å². The van der Waals surface area contributed by atoms with E-state index in [1.165, 1.54) is 6.07 Å². The lowest BCUT2D eigenvalue weighted by Gasteiger charge is -2.17. The Kier molecular flexibility index (Phi) is 4.34. The number of fused-ring (bicyclic) bond motifs is 2. The second-order valence-electron chi connectivity index (χ2n) is 7.07. The summed E-state index contributed by atoms with van der Waals surface area (Å²) in [5.41, 5.74) is 2.70. The van der Waals surface area contributed by atoms with Crippen LogP contribution in [0.25, 0.3) is 0 Å². The molecule has 0 aromatic heterocycles. The molecule has 142 valence electrons. The molecule has 0 radical (unpaired) electrons. The first kappa shape index (κ1) is 17.9. The summed E-state index contributed by atoms with van der Waals surface area (Å²) < 4.78 is 39.5. The van der Waals surface area contributed by atoms with E-state index in [2.05, 4.69) is 10.6 Å². The van der Waals surface area contributed by atoms with E-state index < -0.39 is 29.9 Å². The van der Waals surface area contributed by atoms with E-state index in [0.29, 0.717) is 30.5 Å². The predicted octanol–water partition coefficient (Wildman–Crippen LogP) is 3.97. The van der Waals surface area contributed by atoms with Gasteiger partial charge in [0, 0.05) is 12.1 Å². The number of alkyl halides is 3. The number of rotatable bonds is 2. The highest BCUT2D eigenvalue weighted by atomic mass is 19.4. The van der Waals surface area contributed by atoms with Crippen molar-refractivity contribution < 1.29 is 23.1 Å². The predicted molar refractivity (Wildman–Crippen MR) is 94.5 cm³/mol. The molecule has 3 N–H and O–H groups in total. The molecule has 2 aromatic carbocycles. The van der Waals surface area contributed by atoms with Gasteiger partial charge < -0.3 is 15.7 Å². The topological polar surface area (TPSA) is 61.4 Å². The Hall–Kier alpha value is -2.54. The van der Waals surface area contributed by atoms with Gasteiger partial charge in [0.25, 0.3) is 0 Å². The Morgan fingerprint density at radius 2 is 1.85 bits per heavy atom. The van der Waals surface area contributed by atoms with Gasteiger partial charge in [-0.05, 0) is 53.6 Å². The van der Waals surface area contributed by atoms with Crippen LogP contribution in [0.3, 0.4) is 0 Å². The normalized spacial score (nSPS) is 20.9. The van der Waals surface area contributed by atoms with E-state index in [1.54, 1.807) is 12.1 Å². The molecule has 0 heterocycles. The molecule has 2 aliphatic rings. The van der Waals surface area contributed by atoms with Gasteiger partial charge in [-0.15, -0.1) is 0 Å². The van der Waals surface area contributed by atoms with Crippen molar-refractivity contribution in [2.24, 2.45) is 0 Å². The molecule has 0 fully saturated rings. The standard InChI is InChI=1S/C20H19F3N2O2/c21-20(22,23)16-5-2-4-14-13(16)7-8-18(14)25-19(27)24-17-6-1-3-11-9-12(26)10-15(11)17/h1-6,12,18,26H,7-10H2,(H2,24,25,27)/t12-,18-/m1/s1. The molecule has 2 aromatic rings. The van der Waals surface area contributed by atoms with Crippen molar-refractivity contribution in [2.75, 3.05) is 5.32 Å². The molecule has 0 bridgehead atoms. The zero-order valence-electron chi connectivity index (χ0n) is 14.4. The van der Waals surface area contributed by atoms with Crippen LogP contribution in [0.4, 0.5) is 23.7 Å². The van der Waals surface area contributed by atoms with Gasteiger partial charge in [0.05, 0.1) is 17.7 Å². The van der Waals surface area contributed by atoms with E-state index in [4.69, 9.17) is 0 Å². The molecule has 27 heavy (non-hydrogen) atoms. The van der Waals surface area contributed by atoms with Crippen molar-refractivity contribution in [3.8, 4) is 0 Å². The average Bonchev–Trinajstić information content (AvgIpc) is 3.17. The number of aliphatic hydroxyl groups excluding tert-OH is 1. The number of nitrogens with one attached hydrogen (secondary N) is 2. The summed E-state index contributed by atoms with van der Waals surface area (Å²) in [7, 11) is 0. The Morgan fingerprint density at radius 3 is 2.63 bits per heavy atom. The number of aliphatic hydroxyl groups is 1. The lowest BCUT2D eigenvalue weighted by molar-refractivity contribution is -0.138. The van der Waals surface area contributed by atoms with E-state index >= 15 is 0 Å². The second-order valence-corrected chi connectivity index (χ2v) is 7.07. The monoisotopic (exact) mass is 376 g/mol. The van der Waals surface area contributed by atoms with Gasteiger partial charge in [-0.25, -0.2) is 4.79 Å². The van der Waals surface area contributed by atoms with Crippen molar-refractivity contribution in [2.45, 2.75) is 44.0 Å². The van der Waals surface area contributed by atoms with Crippen LogP contribution in [0.15, 0.2) is 36.4 Å². The van der Waals surface area contributed by atoms with Crippen molar-refractivity contribution >= 4 is 11.7 Å². The van der Waals surface area contributed by atoms with E-state index in [-0.39, 0.29) is 12.0 Å². The van der Waals surface area contributed by atoms with Crippen LogP contribution in [0.1, 0.15) is 40.3 Å². The summed E-state index contributed by atoms with van der Waals surface area (Å²) >= 11 is 0. The summed E-state index contributed by atoms with van der Waals surface area (Å²) in [5, 5.41) is 15.4. The molecule has 0 saturated carbocycles. The molecule has 2 atom stereocenters. The fraction of sp³-hybridized carbons (Fsp3) is 0.350. The molecule has 0 aliphatic heterocycles. The fourth-order valence-corrected chi connectivity index (χ4v) is 4.13. The Labute approximate surface area is 154 Å².